The minimum absolute atomic E-state index is 0.101. The van der Waals surface area contributed by atoms with Crippen molar-refractivity contribution in [3.8, 4) is 11.5 Å². The Balaban J connectivity index is 1.56. The van der Waals surface area contributed by atoms with Gasteiger partial charge >= 0.3 is 7.75 Å². The van der Waals surface area contributed by atoms with Crippen molar-refractivity contribution < 1.29 is 28.7 Å². The van der Waals surface area contributed by atoms with Crippen molar-refractivity contribution in [2.45, 2.75) is 25.7 Å². The van der Waals surface area contributed by atoms with E-state index in [4.69, 9.17) is 14.3 Å². The molecule has 0 spiro atoms. The van der Waals surface area contributed by atoms with E-state index in [1.807, 2.05) is 6.07 Å². The molecule has 0 fully saturated rings. The van der Waals surface area contributed by atoms with Crippen LogP contribution in [0.2, 0.25) is 0 Å². The Labute approximate surface area is 170 Å². The molecule has 0 bridgehead atoms. The second-order valence-corrected chi connectivity index (χ2v) is 8.07. The molecular weight excluding hydrogens is 393 g/mol. The molecule has 0 aliphatic carbocycles. The molecule has 0 unspecified atom stereocenters. The Bertz CT molecular complexity index is 880. The van der Waals surface area contributed by atoms with Crippen LogP contribution >= 0.6 is 7.75 Å². The van der Waals surface area contributed by atoms with Crippen molar-refractivity contribution >= 4 is 13.4 Å². The Morgan fingerprint density at radius 1 is 1.07 bits per heavy atom. The first kappa shape index (κ1) is 21.4. The molecule has 0 saturated heterocycles. The van der Waals surface area contributed by atoms with E-state index >= 15 is 0 Å². The second-order valence-electron chi connectivity index (χ2n) is 6.68. The van der Waals surface area contributed by atoms with Crippen LogP contribution in [0.25, 0.3) is 5.70 Å². The first-order valence-corrected chi connectivity index (χ1v) is 11.1. The zero-order valence-electron chi connectivity index (χ0n) is 16.4. The van der Waals surface area contributed by atoms with Crippen molar-refractivity contribution in [3.05, 3.63) is 65.7 Å². The molecule has 1 aliphatic heterocycles. The predicted octanol–water partition coefficient (Wildman–Crippen LogP) is 4.17. The molecule has 0 saturated carbocycles. The number of hydroxylamine groups is 1. The lowest BCUT2D eigenvalue weighted by Gasteiger charge is -2.21. The largest absolute Gasteiger partial charge is 0.493 e. The number of nitrogens with zero attached hydrogens (tertiary/aromatic N) is 1. The molecule has 29 heavy (non-hydrogen) atoms. The maximum Gasteiger partial charge on any atom is 0.453 e. The highest BCUT2D eigenvalue weighted by atomic mass is 31.2. The van der Waals surface area contributed by atoms with E-state index in [1.165, 1.54) is 5.56 Å². The molecule has 2 N–H and O–H groups in total. The number of hydrogen-bond donors (Lipinski definition) is 2. The summed E-state index contributed by atoms with van der Waals surface area (Å²) in [5, 5.41) is 0. The summed E-state index contributed by atoms with van der Waals surface area (Å²) in [6.45, 7) is 0.635. The first-order chi connectivity index (χ1) is 14.0. The van der Waals surface area contributed by atoms with Gasteiger partial charge in [0.15, 0.2) is 11.5 Å². The van der Waals surface area contributed by atoms with Crippen LogP contribution in [0, 0.1) is 0 Å². The lowest BCUT2D eigenvalue weighted by atomic mass is 10.1. The summed E-state index contributed by atoms with van der Waals surface area (Å²) in [4.78, 5) is 24.6. The van der Waals surface area contributed by atoms with Crippen LogP contribution in [0.15, 0.2) is 54.6 Å². The van der Waals surface area contributed by atoms with Gasteiger partial charge in [-0.15, -0.1) is 0 Å². The van der Waals surface area contributed by atoms with Gasteiger partial charge in [-0.2, -0.15) is 4.83 Å². The molecule has 8 heteroatoms. The van der Waals surface area contributed by atoms with E-state index in [-0.39, 0.29) is 6.61 Å². The number of rotatable bonds is 10. The number of unbranched alkanes of at least 4 members (excludes halogenated alkanes) is 2. The summed E-state index contributed by atoms with van der Waals surface area (Å²) in [6, 6.07) is 15.5. The van der Waals surface area contributed by atoms with Crippen LogP contribution in [0.3, 0.4) is 0 Å². The maximum atomic E-state index is 11.6. The van der Waals surface area contributed by atoms with Crippen LogP contribution < -0.4 is 9.47 Å². The van der Waals surface area contributed by atoms with Crippen molar-refractivity contribution in [3.63, 3.8) is 0 Å². The van der Waals surface area contributed by atoms with E-state index in [0.29, 0.717) is 34.2 Å². The summed E-state index contributed by atoms with van der Waals surface area (Å²) < 4.78 is 22.8. The van der Waals surface area contributed by atoms with Gasteiger partial charge in [-0.25, -0.2) is 4.57 Å². The lowest BCUT2D eigenvalue weighted by molar-refractivity contribution is -0.0266. The number of ether oxygens (including phenoxy) is 2. The average molecular weight is 419 g/mol. The smallest absolute Gasteiger partial charge is 0.453 e. The van der Waals surface area contributed by atoms with E-state index in [9.17, 15) is 14.4 Å². The second kappa shape index (κ2) is 9.94. The Morgan fingerprint density at radius 2 is 1.86 bits per heavy atom. The van der Waals surface area contributed by atoms with Gasteiger partial charge in [-0.3, -0.25) is 4.84 Å². The van der Waals surface area contributed by atoms with Gasteiger partial charge in [0, 0.05) is 5.56 Å². The topological polar surface area (TPSA) is 88.5 Å². The van der Waals surface area contributed by atoms with Gasteiger partial charge in [-0.1, -0.05) is 30.3 Å². The van der Waals surface area contributed by atoms with Crippen LogP contribution in [0.4, 0.5) is 0 Å². The minimum Gasteiger partial charge on any atom is -0.493 e. The quantitative estimate of drug-likeness (QED) is 0.441. The zero-order valence-corrected chi connectivity index (χ0v) is 17.3. The summed E-state index contributed by atoms with van der Waals surface area (Å²) in [6.07, 6.45) is 5.70. The molecule has 156 valence electrons. The van der Waals surface area contributed by atoms with Gasteiger partial charge in [0.1, 0.15) is 0 Å². The maximum absolute atomic E-state index is 11.6. The fourth-order valence-corrected chi connectivity index (χ4v) is 3.86. The van der Waals surface area contributed by atoms with Crippen molar-refractivity contribution in [2.24, 2.45) is 0 Å². The lowest BCUT2D eigenvalue weighted by Crippen LogP contribution is -2.14. The molecular formula is C21H26NO6P. The van der Waals surface area contributed by atoms with Gasteiger partial charge in [-0.05, 0) is 55.5 Å². The summed E-state index contributed by atoms with van der Waals surface area (Å²) in [5.41, 5.74) is 2.24. The van der Waals surface area contributed by atoms with Gasteiger partial charge in [0.2, 0.25) is 0 Å². The third-order valence-corrected chi connectivity index (χ3v) is 5.39. The molecule has 0 aromatic heterocycles. The third kappa shape index (κ3) is 5.84. The van der Waals surface area contributed by atoms with E-state index in [2.05, 4.69) is 24.3 Å². The van der Waals surface area contributed by atoms with Crippen LogP contribution in [0.5, 0.6) is 11.5 Å². The van der Waals surface area contributed by atoms with Gasteiger partial charge in [0.25, 0.3) is 0 Å². The Morgan fingerprint density at radius 3 is 2.59 bits per heavy atom. The normalized spacial score (nSPS) is 14.0. The summed E-state index contributed by atoms with van der Waals surface area (Å²) in [5.74, 6) is 1.10. The van der Waals surface area contributed by atoms with Crippen LogP contribution in [-0.2, 0) is 15.8 Å². The molecule has 0 amide bonds. The molecule has 1 aliphatic rings. The van der Waals surface area contributed by atoms with Crippen molar-refractivity contribution in [2.75, 3.05) is 20.3 Å². The van der Waals surface area contributed by atoms with E-state index in [0.717, 1.165) is 25.7 Å². The number of benzene rings is 2. The highest BCUT2D eigenvalue weighted by molar-refractivity contribution is 7.49. The fourth-order valence-electron chi connectivity index (χ4n) is 3.16. The third-order valence-electron chi connectivity index (χ3n) is 4.59. The highest BCUT2D eigenvalue weighted by Gasteiger charge is 2.33. The molecule has 7 nitrogen and oxygen atoms in total. The molecule has 2 aromatic rings. The molecule has 2 aromatic carbocycles. The fraction of sp³-hybridized carbons (Fsp3) is 0.333. The molecule has 0 radical (unpaired) electrons. The molecule has 3 rings (SSSR count). The standard InChI is InChI=1S/C21H26NO6P/c1-26-20-12-11-18(19-13-15-28-22(19)29(23,24)25)16-21(20)27-14-7-3-6-10-17-8-4-2-5-9-17/h2,4-5,8-9,11-13,16H,3,6-7,10,14-15H2,1H3,(H2,23,24,25). The van der Waals surface area contributed by atoms with Crippen molar-refractivity contribution in [1.29, 1.82) is 0 Å². The number of hydrogen-bond acceptors (Lipinski definition) is 4. The zero-order chi connectivity index (χ0) is 20.7. The van der Waals surface area contributed by atoms with E-state index < -0.39 is 7.75 Å². The van der Waals surface area contributed by atoms with Crippen molar-refractivity contribution in [1.82, 2.24) is 4.83 Å². The Hall–Kier alpha value is -2.31. The van der Waals surface area contributed by atoms with Crippen LogP contribution in [0.1, 0.15) is 30.4 Å². The minimum atomic E-state index is -4.56. The average Bonchev–Trinajstić information content (AvgIpc) is 3.22. The predicted molar refractivity (Wildman–Crippen MR) is 110 cm³/mol. The monoisotopic (exact) mass is 419 g/mol. The van der Waals surface area contributed by atoms with Gasteiger partial charge in [0.05, 0.1) is 26.0 Å². The van der Waals surface area contributed by atoms with Gasteiger partial charge < -0.3 is 19.3 Å². The highest BCUT2D eigenvalue weighted by Crippen LogP contribution is 2.48. The summed E-state index contributed by atoms with van der Waals surface area (Å²) >= 11 is 0. The SMILES string of the molecule is COc1ccc(C2=CCON2P(=O)(O)O)cc1OCCCCCc1ccccc1. The molecule has 0 atom stereocenters. The van der Waals surface area contributed by atoms with E-state index in [1.54, 1.807) is 31.4 Å². The molecule has 1 heterocycles. The first-order valence-electron chi connectivity index (χ1n) is 9.53. The number of methoxy groups -OCH3 is 1. The summed E-state index contributed by atoms with van der Waals surface area (Å²) in [7, 11) is -3.00. The van der Waals surface area contributed by atoms with Crippen LogP contribution in [-0.4, -0.2) is 34.9 Å². The Kier molecular flexibility index (Phi) is 7.34. The number of aryl methyl sites for hydroxylation is 1.